The highest BCUT2D eigenvalue weighted by Gasteiger charge is 2.18. The van der Waals surface area contributed by atoms with Crippen molar-refractivity contribution >= 4 is 22.5 Å². The fraction of sp³-hybridized carbons (Fsp3) is 0.115. The molecule has 0 spiro atoms. The molecule has 2 aromatic carbocycles. The van der Waals surface area contributed by atoms with E-state index in [1.165, 1.54) is 16.2 Å². The first kappa shape index (κ1) is 21.3. The summed E-state index contributed by atoms with van der Waals surface area (Å²) in [6.45, 7) is 1.95. The average Bonchev–Trinajstić information content (AvgIpc) is 3.37. The lowest BCUT2D eigenvalue weighted by Crippen LogP contribution is -2.27. The number of amides is 1. The van der Waals surface area contributed by atoms with E-state index in [1.807, 2.05) is 48.5 Å². The van der Waals surface area contributed by atoms with Crippen LogP contribution >= 0.6 is 0 Å². The van der Waals surface area contributed by atoms with Crippen molar-refractivity contribution in [1.29, 1.82) is 0 Å². The Morgan fingerprint density at radius 3 is 2.65 bits per heavy atom. The van der Waals surface area contributed by atoms with Crippen LogP contribution in [0.1, 0.15) is 12.5 Å². The topological polar surface area (TPSA) is 103 Å². The molecule has 5 aromatic rings. The number of anilines is 1. The van der Waals surface area contributed by atoms with Gasteiger partial charge in [-0.2, -0.15) is 4.98 Å². The fourth-order valence-corrected chi connectivity index (χ4v) is 3.79. The van der Waals surface area contributed by atoms with Gasteiger partial charge in [0.2, 0.25) is 11.7 Å². The normalized spacial score (nSPS) is 11.0. The largest absolute Gasteiger partial charge is 0.334 e. The zero-order chi connectivity index (χ0) is 23.5. The van der Waals surface area contributed by atoms with Gasteiger partial charge in [0.05, 0.1) is 11.1 Å². The molecule has 1 amide bonds. The minimum absolute atomic E-state index is 0.125. The Hall–Kier alpha value is -4.59. The van der Waals surface area contributed by atoms with Gasteiger partial charge in [-0.15, -0.1) is 0 Å². The quantitative estimate of drug-likeness (QED) is 0.413. The standard InChI is InChI=1S/C26H21N5O3/c1-2-17-9-11-19(12-10-17)28-23(32)16-31-22-8-4-3-7-20(22)21(14-24(31)33)26-29-25(30-34-26)18-6-5-13-27-15-18/h3-15H,2,16H2,1H3,(H,28,32). The first-order valence-corrected chi connectivity index (χ1v) is 10.9. The summed E-state index contributed by atoms with van der Waals surface area (Å²) < 4.78 is 6.91. The van der Waals surface area contributed by atoms with Crippen LogP contribution < -0.4 is 10.9 Å². The van der Waals surface area contributed by atoms with Crippen LogP contribution in [0, 0.1) is 0 Å². The van der Waals surface area contributed by atoms with E-state index in [2.05, 4.69) is 27.4 Å². The minimum atomic E-state index is -0.341. The van der Waals surface area contributed by atoms with Gasteiger partial charge in [-0.05, 0) is 42.3 Å². The number of hydrogen-bond acceptors (Lipinski definition) is 6. The lowest BCUT2D eigenvalue weighted by atomic mass is 10.1. The van der Waals surface area contributed by atoms with Gasteiger partial charge < -0.3 is 9.84 Å². The lowest BCUT2D eigenvalue weighted by Gasteiger charge is -2.12. The molecule has 0 unspecified atom stereocenters. The fourth-order valence-electron chi connectivity index (χ4n) is 3.79. The Morgan fingerprint density at radius 1 is 1.06 bits per heavy atom. The van der Waals surface area contributed by atoms with E-state index >= 15 is 0 Å². The molecule has 0 aliphatic carbocycles. The summed E-state index contributed by atoms with van der Waals surface area (Å²) in [4.78, 5) is 34.3. The summed E-state index contributed by atoms with van der Waals surface area (Å²) in [6.07, 6.45) is 4.22. The predicted molar refractivity (Wildman–Crippen MR) is 129 cm³/mol. The highest BCUT2D eigenvalue weighted by atomic mass is 16.5. The number of rotatable bonds is 6. The van der Waals surface area contributed by atoms with Crippen molar-refractivity contribution in [2.45, 2.75) is 19.9 Å². The van der Waals surface area contributed by atoms with Crippen LogP contribution in [-0.2, 0) is 17.8 Å². The van der Waals surface area contributed by atoms with E-state index in [0.717, 1.165) is 11.8 Å². The molecule has 0 radical (unpaired) electrons. The Balaban J connectivity index is 1.48. The van der Waals surface area contributed by atoms with Crippen LogP contribution in [0.2, 0.25) is 0 Å². The molecular formula is C26H21N5O3. The summed E-state index contributed by atoms with van der Waals surface area (Å²) in [5, 5.41) is 7.61. The van der Waals surface area contributed by atoms with Crippen LogP contribution in [0.3, 0.4) is 0 Å². The second kappa shape index (κ2) is 9.11. The van der Waals surface area contributed by atoms with Crippen molar-refractivity contribution in [2.24, 2.45) is 0 Å². The molecule has 1 N–H and O–H groups in total. The van der Waals surface area contributed by atoms with Crippen molar-refractivity contribution in [2.75, 3.05) is 5.32 Å². The van der Waals surface area contributed by atoms with Gasteiger partial charge in [-0.1, -0.05) is 42.4 Å². The molecule has 3 aromatic heterocycles. The van der Waals surface area contributed by atoms with Gasteiger partial charge in [-0.25, -0.2) is 0 Å². The Morgan fingerprint density at radius 2 is 1.88 bits per heavy atom. The molecule has 0 bridgehead atoms. The van der Waals surface area contributed by atoms with Crippen molar-refractivity contribution in [3.8, 4) is 22.8 Å². The molecule has 5 rings (SSSR count). The molecule has 8 nitrogen and oxygen atoms in total. The SMILES string of the molecule is CCc1ccc(NC(=O)Cn2c(=O)cc(-c3nc(-c4cccnc4)no3)c3ccccc32)cc1. The van der Waals surface area contributed by atoms with Crippen molar-refractivity contribution < 1.29 is 9.32 Å². The zero-order valence-corrected chi connectivity index (χ0v) is 18.4. The van der Waals surface area contributed by atoms with Gasteiger partial charge in [0.15, 0.2) is 0 Å². The maximum Gasteiger partial charge on any atom is 0.259 e. The number of carbonyl (C=O) groups excluding carboxylic acids is 1. The Labute approximate surface area is 194 Å². The molecule has 34 heavy (non-hydrogen) atoms. The molecule has 0 saturated carbocycles. The highest BCUT2D eigenvalue weighted by Crippen LogP contribution is 2.27. The Bertz CT molecular complexity index is 1520. The van der Waals surface area contributed by atoms with E-state index in [1.54, 1.807) is 24.5 Å². The molecular weight excluding hydrogens is 430 g/mol. The van der Waals surface area contributed by atoms with Crippen LogP contribution in [0.15, 0.2) is 88.4 Å². The second-order valence-corrected chi connectivity index (χ2v) is 7.76. The van der Waals surface area contributed by atoms with Crippen molar-refractivity contribution in [3.05, 3.63) is 95.0 Å². The summed E-state index contributed by atoms with van der Waals surface area (Å²) in [6, 6.07) is 20.0. The second-order valence-electron chi connectivity index (χ2n) is 7.76. The first-order chi connectivity index (χ1) is 16.6. The van der Waals surface area contributed by atoms with Gasteiger partial charge >= 0.3 is 0 Å². The van der Waals surface area contributed by atoms with E-state index < -0.39 is 0 Å². The Kier molecular flexibility index (Phi) is 5.70. The molecule has 168 valence electrons. The zero-order valence-electron chi connectivity index (χ0n) is 18.4. The predicted octanol–water partition coefficient (Wildman–Crippen LogP) is 4.31. The number of para-hydroxylation sites is 1. The van der Waals surface area contributed by atoms with E-state index in [4.69, 9.17) is 4.52 Å². The van der Waals surface area contributed by atoms with Gasteiger partial charge in [0.1, 0.15) is 6.54 Å². The molecule has 8 heteroatoms. The third-order valence-electron chi connectivity index (χ3n) is 5.54. The third kappa shape index (κ3) is 4.21. The lowest BCUT2D eigenvalue weighted by molar-refractivity contribution is -0.116. The molecule has 0 saturated heterocycles. The molecule has 0 atom stereocenters. The summed E-state index contributed by atoms with van der Waals surface area (Å²) in [5.74, 6) is 0.311. The maximum absolute atomic E-state index is 13.1. The number of pyridine rings is 2. The van der Waals surface area contributed by atoms with Crippen LogP contribution in [0.4, 0.5) is 5.69 Å². The summed E-state index contributed by atoms with van der Waals surface area (Å²) in [5.41, 5.74) is 3.34. The summed E-state index contributed by atoms with van der Waals surface area (Å²) in [7, 11) is 0. The van der Waals surface area contributed by atoms with Crippen molar-refractivity contribution in [1.82, 2.24) is 19.7 Å². The number of nitrogens with zero attached hydrogens (tertiary/aromatic N) is 4. The van der Waals surface area contributed by atoms with Gasteiger partial charge in [-0.3, -0.25) is 19.1 Å². The van der Waals surface area contributed by atoms with Gasteiger partial charge in [0, 0.05) is 35.1 Å². The number of aromatic nitrogens is 4. The minimum Gasteiger partial charge on any atom is -0.334 e. The number of fused-ring (bicyclic) bond motifs is 1. The molecule has 0 aliphatic heterocycles. The van der Waals surface area contributed by atoms with E-state index in [9.17, 15) is 9.59 Å². The van der Waals surface area contributed by atoms with Gasteiger partial charge in [0.25, 0.3) is 11.4 Å². The van der Waals surface area contributed by atoms with E-state index in [-0.39, 0.29) is 23.9 Å². The monoisotopic (exact) mass is 451 g/mol. The van der Waals surface area contributed by atoms with Crippen molar-refractivity contribution in [3.63, 3.8) is 0 Å². The maximum atomic E-state index is 13.1. The van der Waals surface area contributed by atoms with Crippen LogP contribution in [0.5, 0.6) is 0 Å². The number of carbonyl (C=O) groups is 1. The smallest absolute Gasteiger partial charge is 0.259 e. The molecule has 3 heterocycles. The van der Waals surface area contributed by atoms with Crippen LogP contribution in [-0.4, -0.2) is 25.6 Å². The number of hydrogen-bond donors (Lipinski definition) is 1. The number of nitrogens with one attached hydrogen (secondary N) is 1. The average molecular weight is 451 g/mol. The number of benzene rings is 2. The highest BCUT2D eigenvalue weighted by molar-refractivity contribution is 5.95. The van der Waals surface area contributed by atoms with E-state index in [0.29, 0.717) is 28.2 Å². The molecule has 0 fully saturated rings. The molecule has 0 aliphatic rings. The number of aryl methyl sites for hydroxylation is 1. The summed E-state index contributed by atoms with van der Waals surface area (Å²) >= 11 is 0. The third-order valence-corrected chi connectivity index (χ3v) is 5.54. The first-order valence-electron chi connectivity index (χ1n) is 10.9. The van der Waals surface area contributed by atoms with Crippen LogP contribution in [0.25, 0.3) is 33.7 Å².